The second-order valence-electron chi connectivity index (χ2n) is 4.14. The summed E-state index contributed by atoms with van der Waals surface area (Å²) in [5.74, 6) is 1.61. The van der Waals surface area contributed by atoms with Crippen molar-refractivity contribution < 1.29 is 23.1 Å². The molecule has 2 rings (SSSR count). The van der Waals surface area contributed by atoms with E-state index in [1.165, 1.54) is 5.82 Å². The van der Waals surface area contributed by atoms with Crippen LogP contribution < -0.4 is 4.74 Å². The molecule has 1 heterocycles. The predicted molar refractivity (Wildman–Crippen MR) is 75.2 cm³/mol. The molecule has 0 bridgehead atoms. The molecule has 0 N–H and O–H groups in total. The van der Waals surface area contributed by atoms with Gasteiger partial charge in [-0.3, -0.25) is 9.36 Å². The van der Waals surface area contributed by atoms with Gasteiger partial charge < -0.3 is 13.8 Å². The number of ketones is 1. The van der Waals surface area contributed by atoms with Gasteiger partial charge in [0, 0.05) is 11.4 Å². The van der Waals surface area contributed by atoms with Crippen molar-refractivity contribution >= 4 is 13.4 Å². The third-order valence-corrected chi connectivity index (χ3v) is 4.60. The second kappa shape index (κ2) is 6.35. The van der Waals surface area contributed by atoms with Crippen molar-refractivity contribution in [1.82, 2.24) is 0 Å². The van der Waals surface area contributed by atoms with Crippen LogP contribution in [0.1, 0.15) is 24.2 Å². The molecule has 108 valence electrons. The molecule has 0 atom stereocenters. The molecule has 0 aromatic heterocycles. The zero-order valence-electron chi connectivity index (χ0n) is 11.5. The molecule has 20 heavy (non-hydrogen) atoms. The Hall–Kier alpha value is -1.42. The lowest BCUT2D eigenvalue weighted by Gasteiger charge is -2.20. The monoisotopic (exact) mass is 296 g/mol. The first-order valence-electron chi connectivity index (χ1n) is 6.46. The van der Waals surface area contributed by atoms with Crippen molar-refractivity contribution in [3.05, 3.63) is 41.2 Å². The standard InChI is InChI=1S/C14H17O5P/c1-3-18-20(16,19-4-2)10-11-9-17-13-8-6-5-7-12(13)14(11)15/h5-8,10H,3-4,9H2,1-2H3/b11-10+. The SMILES string of the molecule is CCOP(=O)(/C=C1\COc2ccccc2C1=O)OCC. The van der Waals surface area contributed by atoms with Crippen LogP contribution in [0.15, 0.2) is 35.7 Å². The zero-order valence-corrected chi connectivity index (χ0v) is 12.4. The van der Waals surface area contributed by atoms with Crippen LogP contribution in [0, 0.1) is 0 Å². The maximum Gasteiger partial charge on any atom is 0.354 e. The third-order valence-electron chi connectivity index (χ3n) is 2.74. The van der Waals surface area contributed by atoms with Crippen LogP contribution in [0.4, 0.5) is 0 Å². The highest BCUT2D eigenvalue weighted by atomic mass is 31.2. The summed E-state index contributed by atoms with van der Waals surface area (Å²) in [6.07, 6.45) is 0. The number of carbonyl (C=O) groups is 1. The van der Waals surface area contributed by atoms with Gasteiger partial charge in [0.25, 0.3) is 0 Å². The van der Waals surface area contributed by atoms with Crippen molar-refractivity contribution in [2.24, 2.45) is 0 Å². The fraction of sp³-hybridized carbons (Fsp3) is 0.357. The van der Waals surface area contributed by atoms with Crippen molar-refractivity contribution in [3.8, 4) is 5.75 Å². The van der Waals surface area contributed by atoms with Gasteiger partial charge in [-0.25, -0.2) is 0 Å². The Morgan fingerprint density at radius 2 is 1.90 bits per heavy atom. The Kier molecular flexibility index (Phi) is 4.76. The molecule has 5 nitrogen and oxygen atoms in total. The molecule has 0 amide bonds. The average Bonchev–Trinajstić information content (AvgIpc) is 2.43. The quantitative estimate of drug-likeness (QED) is 0.615. The first kappa shape index (κ1) is 15.0. The molecule has 1 aliphatic heterocycles. The zero-order chi connectivity index (χ0) is 14.6. The lowest BCUT2D eigenvalue weighted by atomic mass is 10.0. The van der Waals surface area contributed by atoms with E-state index in [1.807, 2.05) is 0 Å². The number of carbonyl (C=O) groups excluding carboxylic acids is 1. The van der Waals surface area contributed by atoms with E-state index in [-0.39, 0.29) is 25.6 Å². The molecule has 0 fully saturated rings. The number of ether oxygens (including phenoxy) is 1. The van der Waals surface area contributed by atoms with Gasteiger partial charge in [-0.05, 0) is 26.0 Å². The summed E-state index contributed by atoms with van der Waals surface area (Å²) in [5.41, 5.74) is 0.762. The molecule has 6 heteroatoms. The molecule has 1 aromatic rings. The number of hydrogen-bond donors (Lipinski definition) is 0. The lowest BCUT2D eigenvalue weighted by Crippen LogP contribution is -2.19. The predicted octanol–water partition coefficient (Wildman–Crippen LogP) is 3.41. The molecular formula is C14H17O5P. The van der Waals surface area contributed by atoms with Crippen molar-refractivity contribution in [2.45, 2.75) is 13.8 Å². The summed E-state index contributed by atoms with van der Waals surface area (Å²) in [6.45, 7) is 4.00. The number of hydrogen-bond acceptors (Lipinski definition) is 5. The van der Waals surface area contributed by atoms with Gasteiger partial charge in [0.15, 0.2) is 5.78 Å². The van der Waals surface area contributed by atoms with Crippen LogP contribution >= 0.6 is 7.60 Å². The van der Waals surface area contributed by atoms with Crippen LogP contribution in [-0.4, -0.2) is 25.6 Å². The molecule has 0 radical (unpaired) electrons. The normalized spacial score (nSPS) is 16.9. The minimum absolute atomic E-state index is 0.0694. The number of para-hydroxylation sites is 1. The van der Waals surface area contributed by atoms with Crippen LogP contribution in [0.5, 0.6) is 5.75 Å². The Bertz CT molecular complexity index is 569. The maximum absolute atomic E-state index is 12.4. The van der Waals surface area contributed by atoms with E-state index in [0.29, 0.717) is 16.9 Å². The number of fused-ring (bicyclic) bond motifs is 1. The summed E-state index contributed by atoms with van der Waals surface area (Å²) < 4.78 is 28.2. The summed E-state index contributed by atoms with van der Waals surface area (Å²) in [5, 5.41) is 0. The van der Waals surface area contributed by atoms with E-state index in [0.717, 1.165) is 0 Å². The molecular weight excluding hydrogens is 279 g/mol. The largest absolute Gasteiger partial charge is 0.488 e. The highest BCUT2D eigenvalue weighted by Crippen LogP contribution is 2.51. The number of rotatable bonds is 5. The van der Waals surface area contributed by atoms with Crippen LogP contribution in [0.3, 0.4) is 0 Å². The Balaban J connectivity index is 2.32. The van der Waals surface area contributed by atoms with Gasteiger partial charge in [-0.1, -0.05) is 12.1 Å². The van der Waals surface area contributed by atoms with Crippen molar-refractivity contribution in [1.29, 1.82) is 0 Å². The highest BCUT2D eigenvalue weighted by molar-refractivity contribution is 7.57. The molecule has 1 aliphatic rings. The Morgan fingerprint density at radius 3 is 2.55 bits per heavy atom. The first-order valence-corrected chi connectivity index (χ1v) is 8.08. The minimum Gasteiger partial charge on any atom is -0.488 e. The summed E-state index contributed by atoms with van der Waals surface area (Å²) in [7, 11) is -3.40. The van der Waals surface area contributed by atoms with Gasteiger partial charge in [0.2, 0.25) is 0 Å². The topological polar surface area (TPSA) is 61.8 Å². The smallest absolute Gasteiger partial charge is 0.354 e. The van der Waals surface area contributed by atoms with E-state index >= 15 is 0 Å². The first-order chi connectivity index (χ1) is 9.59. The van der Waals surface area contributed by atoms with Crippen LogP contribution in [-0.2, 0) is 13.6 Å². The molecule has 1 aromatic carbocycles. The lowest BCUT2D eigenvalue weighted by molar-refractivity contribution is 0.0998. The minimum atomic E-state index is -3.40. The number of Topliss-reactive ketones (excluding diaryl/α,β-unsaturated/α-hetero) is 1. The molecule has 0 unspecified atom stereocenters. The van der Waals surface area contributed by atoms with Gasteiger partial charge in [-0.15, -0.1) is 0 Å². The van der Waals surface area contributed by atoms with E-state index < -0.39 is 7.60 Å². The van der Waals surface area contributed by atoms with Crippen LogP contribution in [0.2, 0.25) is 0 Å². The number of benzene rings is 1. The van der Waals surface area contributed by atoms with Gasteiger partial charge in [0.05, 0.1) is 18.8 Å². The Morgan fingerprint density at radius 1 is 1.25 bits per heavy atom. The maximum atomic E-state index is 12.4. The summed E-state index contributed by atoms with van der Waals surface area (Å²) in [6, 6.07) is 6.96. The molecule has 0 saturated carbocycles. The molecule has 0 saturated heterocycles. The van der Waals surface area contributed by atoms with Gasteiger partial charge >= 0.3 is 7.60 Å². The molecule has 0 aliphatic carbocycles. The second-order valence-corrected chi connectivity index (χ2v) is 6.00. The average molecular weight is 296 g/mol. The Labute approximate surface area is 118 Å². The third kappa shape index (κ3) is 3.18. The van der Waals surface area contributed by atoms with Crippen LogP contribution in [0.25, 0.3) is 0 Å². The van der Waals surface area contributed by atoms with Gasteiger partial charge in [-0.2, -0.15) is 0 Å². The fourth-order valence-electron chi connectivity index (χ4n) is 1.93. The molecule has 0 spiro atoms. The summed E-state index contributed by atoms with van der Waals surface area (Å²) >= 11 is 0. The highest BCUT2D eigenvalue weighted by Gasteiger charge is 2.28. The van der Waals surface area contributed by atoms with Crippen molar-refractivity contribution in [3.63, 3.8) is 0 Å². The van der Waals surface area contributed by atoms with Gasteiger partial charge in [0.1, 0.15) is 12.4 Å². The van der Waals surface area contributed by atoms with Crippen molar-refractivity contribution in [2.75, 3.05) is 19.8 Å². The van der Waals surface area contributed by atoms with E-state index in [1.54, 1.807) is 38.1 Å². The summed E-state index contributed by atoms with van der Waals surface area (Å²) in [4.78, 5) is 12.3. The fourth-order valence-corrected chi connectivity index (χ4v) is 3.45. The van der Waals surface area contributed by atoms with E-state index in [9.17, 15) is 9.36 Å². The van der Waals surface area contributed by atoms with E-state index in [2.05, 4.69) is 0 Å². The van der Waals surface area contributed by atoms with E-state index in [4.69, 9.17) is 13.8 Å².